The lowest BCUT2D eigenvalue weighted by atomic mass is 10.1. The van der Waals surface area contributed by atoms with Crippen LogP contribution in [-0.2, 0) is 0 Å². The van der Waals surface area contributed by atoms with E-state index < -0.39 is 0 Å². The SMILES string of the molecule is CN1CCC[C@@H]1[C@@H]1SSC[C@@H]1O. The first-order valence-corrected chi connectivity index (χ1v) is 6.84. The topological polar surface area (TPSA) is 23.5 Å². The van der Waals surface area contributed by atoms with Crippen LogP contribution in [0.25, 0.3) is 0 Å². The van der Waals surface area contributed by atoms with Gasteiger partial charge >= 0.3 is 0 Å². The second kappa shape index (κ2) is 3.78. The van der Waals surface area contributed by atoms with Gasteiger partial charge in [-0.05, 0) is 26.4 Å². The lowest BCUT2D eigenvalue weighted by molar-refractivity contribution is 0.159. The summed E-state index contributed by atoms with van der Waals surface area (Å²) in [5, 5.41) is 10.2. The van der Waals surface area contributed by atoms with Crippen LogP contribution < -0.4 is 0 Å². The van der Waals surface area contributed by atoms with E-state index in [1.165, 1.54) is 19.4 Å². The minimum atomic E-state index is -0.0782. The number of rotatable bonds is 1. The molecule has 0 aliphatic carbocycles. The zero-order valence-electron chi connectivity index (χ0n) is 7.27. The van der Waals surface area contributed by atoms with Crippen molar-refractivity contribution in [2.45, 2.75) is 30.2 Å². The van der Waals surface area contributed by atoms with Gasteiger partial charge in [-0.3, -0.25) is 0 Å². The van der Waals surface area contributed by atoms with Crippen molar-refractivity contribution in [1.29, 1.82) is 0 Å². The molecule has 1 N–H and O–H groups in total. The monoisotopic (exact) mass is 205 g/mol. The average molecular weight is 205 g/mol. The van der Waals surface area contributed by atoms with E-state index in [-0.39, 0.29) is 6.10 Å². The quantitative estimate of drug-likeness (QED) is 0.650. The zero-order chi connectivity index (χ0) is 8.55. The fraction of sp³-hybridized carbons (Fsp3) is 1.00. The maximum Gasteiger partial charge on any atom is 0.0780 e. The predicted molar refractivity (Wildman–Crippen MR) is 55.5 cm³/mol. The van der Waals surface area contributed by atoms with Gasteiger partial charge in [0.1, 0.15) is 0 Å². The van der Waals surface area contributed by atoms with Gasteiger partial charge < -0.3 is 10.0 Å². The third kappa shape index (κ3) is 1.62. The summed E-state index contributed by atoms with van der Waals surface area (Å²) in [7, 11) is 5.87. The highest BCUT2D eigenvalue weighted by atomic mass is 33.1. The highest BCUT2D eigenvalue weighted by Crippen LogP contribution is 2.42. The van der Waals surface area contributed by atoms with Crippen molar-refractivity contribution in [3.63, 3.8) is 0 Å². The van der Waals surface area contributed by atoms with E-state index in [0.717, 1.165) is 5.75 Å². The van der Waals surface area contributed by atoms with Crippen molar-refractivity contribution >= 4 is 21.6 Å². The van der Waals surface area contributed by atoms with Crippen molar-refractivity contribution in [1.82, 2.24) is 4.90 Å². The van der Waals surface area contributed by atoms with E-state index >= 15 is 0 Å². The standard InChI is InChI=1S/C8H15NOS2/c1-9-4-2-3-6(9)8-7(10)5-11-12-8/h6-8,10H,2-5H2,1H3/t6-,7+,8+/m1/s1. The molecule has 2 nitrogen and oxygen atoms in total. The minimum absolute atomic E-state index is 0.0782. The van der Waals surface area contributed by atoms with Crippen molar-refractivity contribution < 1.29 is 5.11 Å². The molecule has 2 aliphatic rings. The van der Waals surface area contributed by atoms with E-state index in [9.17, 15) is 5.11 Å². The van der Waals surface area contributed by atoms with Gasteiger partial charge in [0, 0.05) is 11.8 Å². The van der Waals surface area contributed by atoms with Crippen LogP contribution >= 0.6 is 21.6 Å². The molecule has 2 heterocycles. The molecule has 0 spiro atoms. The zero-order valence-corrected chi connectivity index (χ0v) is 8.90. The summed E-state index contributed by atoms with van der Waals surface area (Å²) < 4.78 is 0. The van der Waals surface area contributed by atoms with E-state index in [1.54, 1.807) is 0 Å². The molecule has 12 heavy (non-hydrogen) atoms. The first kappa shape index (κ1) is 9.19. The fourth-order valence-electron chi connectivity index (χ4n) is 2.02. The third-order valence-electron chi connectivity index (χ3n) is 2.75. The molecule has 0 aromatic carbocycles. The highest BCUT2D eigenvalue weighted by Gasteiger charge is 2.37. The number of nitrogens with zero attached hydrogens (tertiary/aromatic N) is 1. The Morgan fingerprint density at radius 2 is 2.33 bits per heavy atom. The lowest BCUT2D eigenvalue weighted by Crippen LogP contribution is -2.39. The smallest absolute Gasteiger partial charge is 0.0780 e. The molecule has 70 valence electrons. The van der Waals surface area contributed by atoms with Gasteiger partial charge in [0.15, 0.2) is 0 Å². The van der Waals surface area contributed by atoms with E-state index in [1.807, 2.05) is 21.6 Å². The van der Waals surface area contributed by atoms with Crippen LogP contribution in [0.15, 0.2) is 0 Å². The molecule has 0 saturated carbocycles. The molecule has 2 aliphatic heterocycles. The summed E-state index contributed by atoms with van der Waals surface area (Å²) in [5.41, 5.74) is 0. The van der Waals surface area contributed by atoms with Crippen LogP contribution in [0, 0.1) is 0 Å². The second-order valence-electron chi connectivity index (χ2n) is 3.60. The van der Waals surface area contributed by atoms with Gasteiger partial charge in [0.2, 0.25) is 0 Å². The molecule has 0 aromatic rings. The molecule has 2 saturated heterocycles. The van der Waals surface area contributed by atoms with Crippen LogP contribution in [0.2, 0.25) is 0 Å². The van der Waals surface area contributed by atoms with Crippen LogP contribution in [0.1, 0.15) is 12.8 Å². The Labute approximate surface area is 81.5 Å². The third-order valence-corrected chi connectivity index (χ3v) is 5.70. The Morgan fingerprint density at radius 1 is 1.50 bits per heavy atom. The largest absolute Gasteiger partial charge is 0.391 e. The van der Waals surface area contributed by atoms with Crippen molar-refractivity contribution in [2.24, 2.45) is 0 Å². The number of aliphatic hydroxyl groups excluding tert-OH is 1. The molecule has 0 bridgehead atoms. The van der Waals surface area contributed by atoms with Crippen molar-refractivity contribution in [2.75, 3.05) is 19.3 Å². The van der Waals surface area contributed by atoms with Crippen LogP contribution in [0.3, 0.4) is 0 Å². The van der Waals surface area contributed by atoms with Gasteiger partial charge in [-0.15, -0.1) is 0 Å². The van der Waals surface area contributed by atoms with Crippen molar-refractivity contribution in [3.05, 3.63) is 0 Å². The first-order chi connectivity index (χ1) is 5.79. The Bertz CT molecular complexity index is 149. The second-order valence-corrected chi connectivity index (χ2v) is 6.19. The molecule has 0 unspecified atom stereocenters. The van der Waals surface area contributed by atoms with E-state index in [2.05, 4.69) is 11.9 Å². The van der Waals surface area contributed by atoms with Crippen LogP contribution in [-0.4, -0.2) is 46.7 Å². The Balaban J connectivity index is 1.98. The maximum absolute atomic E-state index is 9.70. The molecule has 4 heteroatoms. The molecule has 0 aromatic heterocycles. The van der Waals surface area contributed by atoms with Gasteiger partial charge in [-0.2, -0.15) is 0 Å². The summed E-state index contributed by atoms with van der Waals surface area (Å²) in [4.78, 5) is 2.40. The number of aliphatic hydroxyl groups is 1. The van der Waals surface area contributed by atoms with Gasteiger partial charge in [0.25, 0.3) is 0 Å². The summed E-state index contributed by atoms with van der Waals surface area (Å²) in [5.74, 6) is 0.916. The predicted octanol–water partition coefficient (Wildman–Crippen LogP) is 1.21. The Hall–Kier alpha value is 0.620. The Kier molecular flexibility index (Phi) is 2.89. The first-order valence-electron chi connectivity index (χ1n) is 4.45. The molecule has 0 radical (unpaired) electrons. The number of hydrogen-bond donors (Lipinski definition) is 1. The number of hydrogen-bond acceptors (Lipinski definition) is 4. The molecule has 3 atom stereocenters. The molecular weight excluding hydrogens is 190 g/mol. The normalized spacial score (nSPS) is 44.0. The Morgan fingerprint density at radius 3 is 2.83 bits per heavy atom. The summed E-state index contributed by atoms with van der Waals surface area (Å²) in [6.45, 7) is 1.21. The van der Waals surface area contributed by atoms with Gasteiger partial charge in [-0.25, -0.2) is 0 Å². The van der Waals surface area contributed by atoms with Crippen molar-refractivity contribution in [3.8, 4) is 0 Å². The molecule has 2 rings (SSSR count). The van der Waals surface area contributed by atoms with Crippen LogP contribution in [0.5, 0.6) is 0 Å². The lowest BCUT2D eigenvalue weighted by Gasteiger charge is -2.26. The minimum Gasteiger partial charge on any atom is -0.391 e. The van der Waals surface area contributed by atoms with E-state index in [0.29, 0.717) is 11.3 Å². The van der Waals surface area contributed by atoms with Gasteiger partial charge in [-0.1, -0.05) is 21.6 Å². The molecular formula is C8H15NOS2. The van der Waals surface area contributed by atoms with Crippen LogP contribution in [0.4, 0.5) is 0 Å². The van der Waals surface area contributed by atoms with E-state index in [4.69, 9.17) is 0 Å². The summed E-state index contributed by atoms with van der Waals surface area (Å²) in [6.07, 6.45) is 2.49. The maximum atomic E-state index is 9.70. The molecule has 0 amide bonds. The fourth-order valence-corrected chi connectivity index (χ4v) is 5.31. The summed E-state index contributed by atoms with van der Waals surface area (Å²) >= 11 is 0. The summed E-state index contributed by atoms with van der Waals surface area (Å²) in [6, 6.07) is 0.625. The highest BCUT2D eigenvalue weighted by molar-refractivity contribution is 8.77. The molecule has 2 fully saturated rings. The average Bonchev–Trinajstić information content (AvgIpc) is 2.59. The number of likely N-dealkylation sites (tertiary alicyclic amines) is 1. The van der Waals surface area contributed by atoms with Gasteiger partial charge in [0.05, 0.1) is 11.4 Å².